The SMILES string of the molecule is CCOC(=O)c1c(CC(C)(C)[Si](O)(c2ccccc2)c2ccccc2)cc2c(ncn2C)c1C. The van der Waals surface area contributed by atoms with Gasteiger partial charge in [-0.3, -0.25) is 0 Å². The number of aryl methyl sites for hydroxylation is 2. The van der Waals surface area contributed by atoms with Crippen molar-refractivity contribution in [3.05, 3.63) is 89.7 Å². The van der Waals surface area contributed by atoms with Crippen molar-refractivity contribution in [1.29, 1.82) is 0 Å². The fourth-order valence-corrected chi connectivity index (χ4v) is 8.73. The number of carbonyl (C=O) groups excluding carboxylic acids is 1. The highest BCUT2D eigenvalue weighted by Crippen LogP contribution is 2.41. The first kappa shape index (κ1) is 23.9. The minimum Gasteiger partial charge on any atom is -0.462 e. The number of hydrogen-bond acceptors (Lipinski definition) is 4. The van der Waals surface area contributed by atoms with Gasteiger partial charge in [-0.25, -0.2) is 9.78 Å². The zero-order chi connectivity index (χ0) is 24.5. The molecule has 0 spiro atoms. The van der Waals surface area contributed by atoms with Crippen molar-refractivity contribution in [1.82, 2.24) is 9.55 Å². The molecule has 4 rings (SSSR count). The number of hydrogen-bond donors (Lipinski definition) is 1. The van der Waals surface area contributed by atoms with E-state index in [1.807, 2.05) is 92.2 Å². The maximum Gasteiger partial charge on any atom is 0.338 e. The predicted molar refractivity (Wildman–Crippen MR) is 139 cm³/mol. The number of rotatable bonds is 7. The Labute approximate surface area is 202 Å². The van der Waals surface area contributed by atoms with E-state index >= 15 is 0 Å². The lowest BCUT2D eigenvalue weighted by atomic mass is 9.93. The van der Waals surface area contributed by atoms with E-state index in [1.165, 1.54) is 0 Å². The van der Waals surface area contributed by atoms with Gasteiger partial charge in [0, 0.05) is 7.05 Å². The first-order chi connectivity index (χ1) is 16.2. The van der Waals surface area contributed by atoms with Crippen LogP contribution >= 0.6 is 0 Å². The Balaban J connectivity index is 1.92. The molecule has 0 aliphatic carbocycles. The van der Waals surface area contributed by atoms with Gasteiger partial charge in [0.05, 0.1) is 29.5 Å². The summed E-state index contributed by atoms with van der Waals surface area (Å²) >= 11 is 0. The van der Waals surface area contributed by atoms with Crippen LogP contribution < -0.4 is 10.4 Å². The topological polar surface area (TPSA) is 64.3 Å². The van der Waals surface area contributed by atoms with Crippen molar-refractivity contribution in [2.75, 3.05) is 6.61 Å². The summed E-state index contributed by atoms with van der Waals surface area (Å²) < 4.78 is 7.41. The van der Waals surface area contributed by atoms with E-state index in [0.29, 0.717) is 18.6 Å². The van der Waals surface area contributed by atoms with E-state index in [4.69, 9.17) is 4.74 Å². The third-order valence-corrected chi connectivity index (χ3v) is 11.3. The van der Waals surface area contributed by atoms with Crippen LogP contribution in [0.25, 0.3) is 11.0 Å². The molecule has 0 aliphatic rings. The minimum absolute atomic E-state index is 0.300. The lowest BCUT2D eigenvalue weighted by Crippen LogP contribution is -2.66. The Morgan fingerprint density at radius 3 is 2.15 bits per heavy atom. The van der Waals surface area contributed by atoms with Crippen molar-refractivity contribution in [3.8, 4) is 0 Å². The van der Waals surface area contributed by atoms with E-state index in [2.05, 4.69) is 18.8 Å². The molecule has 0 atom stereocenters. The molecule has 1 heterocycles. The highest BCUT2D eigenvalue weighted by atomic mass is 28.4. The molecule has 1 N–H and O–H groups in total. The van der Waals surface area contributed by atoms with Crippen LogP contribution in [0.4, 0.5) is 0 Å². The molecule has 0 unspecified atom stereocenters. The van der Waals surface area contributed by atoms with Gasteiger partial charge in [-0.15, -0.1) is 0 Å². The molecular weight excluding hydrogens is 440 g/mol. The number of fused-ring (bicyclic) bond motifs is 1. The van der Waals surface area contributed by atoms with E-state index in [1.54, 1.807) is 6.33 Å². The Kier molecular flexibility index (Phi) is 6.47. The largest absolute Gasteiger partial charge is 0.462 e. The van der Waals surface area contributed by atoms with Crippen LogP contribution in [0.15, 0.2) is 73.1 Å². The van der Waals surface area contributed by atoms with Crippen LogP contribution in [0.5, 0.6) is 0 Å². The molecule has 0 aliphatic heterocycles. The first-order valence-corrected chi connectivity index (χ1v) is 13.6. The zero-order valence-corrected chi connectivity index (χ0v) is 21.5. The van der Waals surface area contributed by atoms with Crippen LogP contribution in [0.2, 0.25) is 5.04 Å². The number of esters is 1. The number of imidazole rings is 1. The summed E-state index contributed by atoms with van der Waals surface area (Å²) in [5.74, 6) is -0.344. The molecule has 0 bridgehead atoms. The van der Waals surface area contributed by atoms with Gasteiger partial charge in [0.2, 0.25) is 0 Å². The summed E-state index contributed by atoms with van der Waals surface area (Å²) in [7, 11) is -1.29. The second-order valence-corrected chi connectivity index (χ2v) is 13.4. The average molecular weight is 473 g/mol. The third-order valence-electron chi connectivity index (χ3n) is 6.82. The smallest absolute Gasteiger partial charge is 0.338 e. The predicted octanol–water partition coefficient (Wildman–Crippen LogP) is 4.13. The Morgan fingerprint density at radius 2 is 1.62 bits per heavy atom. The quantitative estimate of drug-likeness (QED) is 0.324. The highest BCUT2D eigenvalue weighted by molar-refractivity contribution is 6.98. The van der Waals surface area contributed by atoms with Gasteiger partial charge in [-0.2, -0.15) is 0 Å². The van der Waals surface area contributed by atoms with Gasteiger partial charge in [0.25, 0.3) is 8.32 Å². The molecule has 5 nitrogen and oxygen atoms in total. The summed E-state index contributed by atoms with van der Waals surface area (Å²) in [5, 5.41) is 1.35. The number of aromatic nitrogens is 2. The summed E-state index contributed by atoms with van der Waals surface area (Å²) in [4.78, 5) is 30.2. The Bertz CT molecular complexity index is 1270. The molecule has 176 valence electrons. The number of ether oxygens (including phenoxy) is 1. The molecule has 1 aromatic heterocycles. The fourth-order valence-electron chi connectivity index (χ4n) is 5.03. The van der Waals surface area contributed by atoms with E-state index in [0.717, 1.165) is 32.5 Å². The van der Waals surface area contributed by atoms with Gasteiger partial charge in [0.15, 0.2) is 0 Å². The summed E-state index contributed by atoms with van der Waals surface area (Å²) in [6, 6.07) is 21.9. The Morgan fingerprint density at radius 1 is 1.06 bits per heavy atom. The molecule has 0 amide bonds. The molecule has 4 aromatic rings. The normalized spacial score (nSPS) is 12.2. The van der Waals surface area contributed by atoms with Crippen LogP contribution in [0, 0.1) is 6.92 Å². The van der Waals surface area contributed by atoms with Gasteiger partial charge in [-0.1, -0.05) is 74.5 Å². The average Bonchev–Trinajstić information content (AvgIpc) is 3.20. The van der Waals surface area contributed by atoms with Crippen molar-refractivity contribution in [2.24, 2.45) is 7.05 Å². The third kappa shape index (κ3) is 3.97. The molecule has 0 radical (unpaired) electrons. The lowest BCUT2D eigenvalue weighted by molar-refractivity contribution is 0.0524. The summed E-state index contributed by atoms with van der Waals surface area (Å²) in [5.41, 5.74) is 3.99. The van der Waals surface area contributed by atoms with Crippen molar-refractivity contribution < 1.29 is 14.3 Å². The van der Waals surface area contributed by atoms with Crippen LogP contribution in [-0.2, 0) is 18.2 Å². The standard InChI is InChI=1S/C28H32N2O3Si/c1-6-33-27(31)25-20(2)26-24(30(5)19-29-26)17-21(25)18-28(3,4)34(32,22-13-9-7-10-14-22)23-15-11-8-12-16-23/h7-17,19,32H,6,18H2,1-5H3. The molecule has 34 heavy (non-hydrogen) atoms. The summed E-state index contributed by atoms with van der Waals surface area (Å²) in [6.07, 6.45) is 2.27. The Hall–Kier alpha value is -3.22. The van der Waals surface area contributed by atoms with Crippen molar-refractivity contribution >= 4 is 35.7 Å². The van der Waals surface area contributed by atoms with Gasteiger partial charge in [-0.05, 0) is 52.9 Å². The molecule has 3 aromatic carbocycles. The molecule has 0 saturated heterocycles. The lowest BCUT2D eigenvalue weighted by Gasteiger charge is -2.41. The second-order valence-electron chi connectivity index (χ2n) is 9.48. The summed E-state index contributed by atoms with van der Waals surface area (Å²) in [6.45, 7) is 8.25. The molecule has 0 saturated carbocycles. The number of nitrogens with zero attached hydrogens (tertiary/aromatic N) is 2. The maximum atomic E-state index is 13.1. The second kappa shape index (κ2) is 9.20. The van der Waals surface area contributed by atoms with Crippen LogP contribution in [0.3, 0.4) is 0 Å². The van der Waals surface area contributed by atoms with Crippen LogP contribution in [0.1, 0.15) is 42.3 Å². The molecular formula is C28H32N2O3Si. The monoisotopic (exact) mass is 472 g/mol. The van der Waals surface area contributed by atoms with Gasteiger partial charge in [0.1, 0.15) is 0 Å². The van der Waals surface area contributed by atoms with Crippen molar-refractivity contribution in [2.45, 2.75) is 39.2 Å². The van der Waals surface area contributed by atoms with Gasteiger partial charge < -0.3 is 14.1 Å². The van der Waals surface area contributed by atoms with Crippen molar-refractivity contribution in [3.63, 3.8) is 0 Å². The molecule has 6 heteroatoms. The first-order valence-electron chi connectivity index (χ1n) is 11.6. The maximum absolute atomic E-state index is 13.1. The highest BCUT2D eigenvalue weighted by Gasteiger charge is 2.50. The number of carbonyl (C=O) groups is 1. The van der Waals surface area contributed by atoms with Gasteiger partial charge >= 0.3 is 5.97 Å². The minimum atomic E-state index is -3.25. The molecule has 0 fully saturated rings. The van der Waals surface area contributed by atoms with E-state index < -0.39 is 13.4 Å². The fraction of sp³-hybridized carbons (Fsp3) is 0.286. The van der Waals surface area contributed by atoms with E-state index in [9.17, 15) is 9.59 Å². The van der Waals surface area contributed by atoms with Crippen LogP contribution in [-0.4, -0.2) is 35.2 Å². The number of benzene rings is 3. The zero-order valence-electron chi connectivity index (χ0n) is 20.5. The van der Waals surface area contributed by atoms with E-state index in [-0.39, 0.29) is 5.97 Å².